The molecule has 5 heteroatoms. The fourth-order valence-corrected chi connectivity index (χ4v) is 4.27. The smallest absolute Gasteiger partial charge is 0.142 e. The Labute approximate surface area is 169 Å². The van der Waals surface area contributed by atoms with Gasteiger partial charge in [0, 0.05) is 21.3 Å². The predicted molar refractivity (Wildman–Crippen MR) is 113 cm³/mol. The highest BCUT2D eigenvalue weighted by Gasteiger charge is 2.33. The Morgan fingerprint density at radius 2 is 2.11 bits per heavy atom. The van der Waals surface area contributed by atoms with Gasteiger partial charge in [-0.05, 0) is 61.3 Å². The largest absolute Gasteiger partial charge is 0.493 e. The fourth-order valence-electron chi connectivity index (χ4n) is 3.91. The average molecular weight is 428 g/mol. The Morgan fingerprint density at radius 1 is 1.37 bits per heavy atom. The summed E-state index contributed by atoms with van der Waals surface area (Å²) in [5.41, 5.74) is 10.8. The van der Waals surface area contributed by atoms with Crippen LogP contribution in [0.2, 0.25) is 0 Å². The number of benzene rings is 1. The van der Waals surface area contributed by atoms with Crippen molar-refractivity contribution in [3.05, 3.63) is 39.5 Å². The number of aromatic nitrogens is 1. The van der Waals surface area contributed by atoms with E-state index in [2.05, 4.69) is 47.8 Å². The van der Waals surface area contributed by atoms with Gasteiger partial charge in [-0.15, -0.1) is 0 Å². The van der Waals surface area contributed by atoms with E-state index in [1.807, 2.05) is 25.1 Å². The van der Waals surface area contributed by atoms with Gasteiger partial charge in [0.25, 0.3) is 0 Å². The molecule has 0 spiro atoms. The van der Waals surface area contributed by atoms with Crippen molar-refractivity contribution < 1.29 is 4.74 Å². The molecule has 0 amide bonds. The molecule has 1 aromatic carbocycles. The molecule has 1 aliphatic rings. The van der Waals surface area contributed by atoms with Gasteiger partial charge in [0.2, 0.25) is 0 Å². The van der Waals surface area contributed by atoms with Crippen LogP contribution < -0.4 is 10.5 Å². The zero-order valence-corrected chi connectivity index (χ0v) is 18.0. The summed E-state index contributed by atoms with van der Waals surface area (Å²) in [4.78, 5) is 4.59. The molecule has 3 rings (SSSR count). The van der Waals surface area contributed by atoms with Crippen molar-refractivity contribution in [2.75, 3.05) is 12.3 Å². The quantitative estimate of drug-likeness (QED) is 0.699. The van der Waals surface area contributed by atoms with Crippen molar-refractivity contribution in [3.8, 4) is 22.9 Å². The molecular weight excluding hydrogens is 402 g/mol. The lowest BCUT2D eigenvalue weighted by Crippen LogP contribution is -2.28. The predicted octanol–water partition coefficient (Wildman–Crippen LogP) is 5.51. The summed E-state index contributed by atoms with van der Waals surface area (Å²) in [6.07, 6.45) is 2.87. The first-order valence-electron chi connectivity index (χ1n) is 9.40. The Kier molecular flexibility index (Phi) is 5.48. The zero-order chi connectivity index (χ0) is 19.8. The molecular formula is C22H26BrN3O. The van der Waals surface area contributed by atoms with Crippen LogP contribution in [0.5, 0.6) is 5.75 Å². The van der Waals surface area contributed by atoms with Gasteiger partial charge in [0.15, 0.2) is 0 Å². The van der Waals surface area contributed by atoms with E-state index in [4.69, 9.17) is 10.5 Å². The third-order valence-electron chi connectivity index (χ3n) is 5.44. The lowest BCUT2D eigenvalue weighted by atomic mass is 9.70. The van der Waals surface area contributed by atoms with E-state index in [-0.39, 0.29) is 5.41 Å². The number of rotatable bonds is 3. The van der Waals surface area contributed by atoms with Gasteiger partial charge in [-0.25, -0.2) is 4.98 Å². The normalized spacial score (nSPS) is 16.5. The number of pyridine rings is 1. The molecule has 27 heavy (non-hydrogen) atoms. The molecule has 2 aromatic rings. The number of hydrogen-bond donors (Lipinski definition) is 1. The van der Waals surface area contributed by atoms with Crippen molar-refractivity contribution in [2.45, 2.75) is 47.0 Å². The van der Waals surface area contributed by atoms with Gasteiger partial charge < -0.3 is 10.5 Å². The number of aryl methyl sites for hydroxylation is 1. The molecule has 0 saturated carbocycles. The summed E-state index contributed by atoms with van der Waals surface area (Å²) < 4.78 is 6.82. The van der Waals surface area contributed by atoms with Crippen LogP contribution in [0.25, 0.3) is 11.1 Å². The summed E-state index contributed by atoms with van der Waals surface area (Å²) in [7, 11) is 0. The molecule has 1 aromatic heterocycles. The summed E-state index contributed by atoms with van der Waals surface area (Å²) in [6, 6.07) is 8.21. The standard InChI is InChI=1S/C22H26BrN3O/c1-5-27-19-9-7-14(23)11-16(19)20-15-10-13(22(2,3)4)6-8-18(15)26-21(25)17(20)12-24/h7,9,11,13H,5-6,8,10H2,1-4H3,(H2,25,26). The third-order valence-corrected chi connectivity index (χ3v) is 5.93. The summed E-state index contributed by atoms with van der Waals surface area (Å²) in [5.74, 6) is 1.61. The minimum absolute atomic E-state index is 0.198. The van der Waals surface area contributed by atoms with Crippen molar-refractivity contribution in [1.82, 2.24) is 4.98 Å². The minimum Gasteiger partial charge on any atom is -0.493 e. The molecule has 2 N–H and O–H groups in total. The van der Waals surface area contributed by atoms with E-state index in [0.717, 1.165) is 51.9 Å². The minimum atomic E-state index is 0.198. The number of fused-ring (bicyclic) bond motifs is 1. The van der Waals surface area contributed by atoms with E-state index in [9.17, 15) is 5.26 Å². The van der Waals surface area contributed by atoms with Gasteiger partial charge in [-0.3, -0.25) is 0 Å². The zero-order valence-electron chi connectivity index (χ0n) is 16.4. The van der Waals surface area contributed by atoms with E-state index < -0.39 is 0 Å². The van der Waals surface area contributed by atoms with Crippen LogP contribution in [-0.4, -0.2) is 11.6 Å². The van der Waals surface area contributed by atoms with E-state index in [0.29, 0.717) is 23.9 Å². The van der Waals surface area contributed by atoms with E-state index in [1.54, 1.807) is 0 Å². The van der Waals surface area contributed by atoms with Crippen molar-refractivity contribution >= 4 is 21.7 Å². The second kappa shape index (κ2) is 7.52. The molecule has 4 nitrogen and oxygen atoms in total. The summed E-state index contributed by atoms with van der Waals surface area (Å²) >= 11 is 3.56. The molecule has 142 valence electrons. The highest BCUT2D eigenvalue weighted by atomic mass is 79.9. The van der Waals surface area contributed by atoms with Crippen LogP contribution in [0.3, 0.4) is 0 Å². The van der Waals surface area contributed by atoms with Gasteiger partial charge in [0.1, 0.15) is 23.2 Å². The van der Waals surface area contributed by atoms with Gasteiger partial charge in [-0.2, -0.15) is 5.26 Å². The van der Waals surface area contributed by atoms with E-state index >= 15 is 0 Å². The highest BCUT2D eigenvalue weighted by Crippen LogP contribution is 2.45. The lowest BCUT2D eigenvalue weighted by molar-refractivity contribution is 0.215. The number of anilines is 1. The lowest BCUT2D eigenvalue weighted by Gasteiger charge is -2.36. The monoisotopic (exact) mass is 427 g/mol. The molecule has 0 radical (unpaired) electrons. The number of nitrogens with two attached hydrogens (primary N) is 1. The number of ether oxygens (including phenoxy) is 1. The number of hydrogen-bond acceptors (Lipinski definition) is 4. The highest BCUT2D eigenvalue weighted by molar-refractivity contribution is 9.10. The van der Waals surface area contributed by atoms with Crippen LogP contribution in [0.15, 0.2) is 22.7 Å². The van der Waals surface area contributed by atoms with Gasteiger partial charge >= 0.3 is 0 Å². The average Bonchev–Trinajstić information content (AvgIpc) is 2.61. The Bertz CT molecular complexity index is 909. The molecule has 1 unspecified atom stereocenters. The first-order valence-corrected chi connectivity index (χ1v) is 10.2. The van der Waals surface area contributed by atoms with E-state index in [1.165, 1.54) is 0 Å². The van der Waals surface area contributed by atoms with Gasteiger partial charge in [-0.1, -0.05) is 36.7 Å². The molecule has 0 saturated heterocycles. The first-order chi connectivity index (χ1) is 12.8. The fraction of sp³-hybridized carbons (Fsp3) is 0.455. The van der Waals surface area contributed by atoms with Crippen LogP contribution in [-0.2, 0) is 12.8 Å². The Morgan fingerprint density at radius 3 is 2.74 bits per heavy atom. The molecule has 1 atom stereocenters. The number of nitriles is 1. The Balaban J connectivity index is 2.29. The van der Waals surface area contributed by atoms with Crippen LogP contribution in [0, 0.1) is 22.7 Å². The maximum absolute atomic E-state index is 9.86. The SMILES string of the molecule is CCOc1ccc(Br)cc1-c1c(C#N)c(N)nc2c1CC(C(C)(C)C)CC2. The van der Waals surface area contributed by atoms with Crippen molar-refractivity contribution in [1.29, 1.82) is 5.26 Å². The number of nitrogens with zero attached hydrogens (tertiary/aromatic N) is 2. The van der Waals surface area contributed by atoms with Gasteiger partial charge in [0.05, 0.1) is 6.61 Å². The maximum atomic E-state index is 9.86. The summed E-state index contributed by atoms with van der Waals surface area (Å²) in [6.45, 7) is 9.36. The molecule has 0 bridgehead atoms. The topological polar surface area (TPSA) is 71.9 Å². The third kappa shape index (κ3) is 3.82. The van der Waals surface area contributed by atoms with Crippen molar-refractivity contribution in [2.24, 2.45) is 11.3 Å². The van der Waals surface area contributed by atoms with Crippen molar-refractivity contribution in [3.63, 3.8) is 0 Å². The van der Waals surface area contributed by atoms with Crippen LogP contribution >= 0.6 is 15.9 Å². The first kappa shape index (κ1) is 19.7. The second-order valence-corrected chi connectivity index (χ2v) is 9.08. The molecule has 0 aliphatic heterocycles. The molecule has 1 heterocycles. The number of halogens is 1. The maximum Gasteiger partial charge on any atom is 0.142 e. The molecule has 0 fully saturated rings. The second-order valence-electron chi connectivity index (χ2n) is 8.16. The number of nitrogen functional groups attached to an aromatic ring is 1. The Hall–Kier alpha value is -2.06. The van der Waals surface area contributed by atoms with Crippen LogP contribution in [0.4, 0.5) is 5.82 Å². The summed E-state index contributed by atoms with van der Waals surface area (Å²) in [5, 5.41) is 9.86. The van der Waals surface area contributed by atoms with Crippen LogP contribution in [0.1, 0.15) is 50.9 Å². The molecule has 1 aliphatic carbocycles.